The molecule has 1 aromatic heterocycles. The maximum atomic E-state index is 12.8. The van der Waals surface area contributed by atoms with Crippen molar-refractivity contribution in [2.75, 3.05) is 24.6 Å². The van der Waals surface area contributed by atoms with Crippen LogP contribution in [0.2, 0.25) is 0 Å². The molecule has 2 heterocycles. The van der Waals surface area contributed by atoms with E-state index in [-0.39, 0.29) is 11.9 Å². The van der Waals surface area contributed by atoms with Crippen LogP contribution in [-0.4, -0.2) is 37.4 Å². The Morgan fingerprint density at radius 1 is 1.17 bits per heavy atom. The van der Waals surface area contributed by atoms with E-state index in [1.54, 1.807) is 12.1 Å². The first-order valence-corrected chi connectivity index (χ1v) is 10.1. The topological polar surface area (TPSA) is 46.6 Å². The summed E-state index contributed by atoms with van der Waals surface area (Å²) in [7, 11) is 0. The molecule has 0 bridgehead atoms. The molecular formula is C23H25F2N3O2. The van der Waals surface area contributed by atoms with Gasteiger partial charge in [-0.1, -0.05) is 36.4 Å². The van der Waals surface area contributed by atoms with Gasteiger partial charge in [-0.2, -0.15) is 8.78 Å². The van der Waals surface area contributed by atoms with Gasteiger partial charge in [-0.25, -0.2) is 4.98 Å². The van der Waals surface area contributed by atoms with E-state index in [4.69, 9.17) is 9.47 Å². The van der Waals surface area contributed by atoms with Crippen molar-refractivity contribution in [3.8, 4) is 5.75 Å². The van der Waals surface area contributed by atoms with Crippen LogP contribution in [0.15, 0.2) is 54.7 Å². The Labute approximate surface area is 174 Å². The van der Waals surface area contributed by atoms with Crippen LogP contribution in [0, 0.1) is 0 Å². The maximum Gasteiger partial charge on any atom is 0.387 e. The van der Waals surface area contributed by atoms with Gasteiger partial charge in [0.1, 0.15) is 11.6 Å². The van der Waals surface area contributed by atoms with Crippen molar-refractivity contribution in [1.82, 2.24) is 10.3 Å². The second-order valence-electron chi connectivity index (χ2n) is 7.40. The van der Waals surface area contributed by atoms with Gasteiger partial charge in [-0.05, 0) is 35.4 Å². The minimum absolute atomic E-state index is 0.200. The van der Waals surface area contributed by atoms with E-state index in [9.17, 15) is 8.78 Å². The van der Waals surface area contributed by atoms with Crippen LogP contribution in [-0.2, 0) is 17.8 Å². The van der Waals surface area contributed by atoms with Gasteiger partial charge >= 0.3 is 6.61 Å². The number of aromatic nitrogens is 1. The smallest absolute Gasteiger partial charge is 0.387 e. The summed E-state index contributed by atoms with van der Waals surface area (Å²) in [6.07, 6.45) is 2.05. The summed E-state index contributed by atoms with van der Waals surface area (Å²) in [6, 6.07) is 15.2. The summed E-state index contributed by atoms with van der Waals surface area (Å²) in [5, 5.41) is 5.22. The monoisotopic (exact) mass is 413 g/mol. The number of hydrogen-bond acceptors (Lipinski definition) is 5. The first-order valence-electron chi connectivity index (χ1n) is 10.1. The number of alkyl halides is 2. The molecule has 30 heavy (non-hydrogen) atoms. The summed E-state index contributed by atoms with van der Waals surface area (Å²) < 4.78 is 36.0. The number of anilines is 1. The molecule has 0 spiro atoms. The Balaban J connectivity index is 1.43. The Morgan fingerprint density at radius 3 is 2.80 bits per heavy atom. The fourth-order valence-electron chi connectivity index (χ4n) is 3.77. The summed E-state index contributed by atoms with van der Waals surface area (Å²) >= 11 is 0. The lowest BCUT2D eigenvalue weighted by Gasteiger charge is -2.32. The molecule has 1 atom stereocenters. The lowest BCUT2D eigenvalue weighted by atomic mass is 10.0. The second-order valence-corrected chi connectivity index (χ2v) is 7.40. The van der Waals surface area contributed by atoms with E-state index >= 15 is 0 Å². The average molecular weight is 413 g/mol. The molecule has 7 heteroatoms. The van der Waals surface area contributed by atoms with Gasteiger partial charge < -0.3 is 19.7 Å². The molecule has 1 unspecified atom stereocenters. The number of rotatable bonds is 7. The van der Waals surface area contributed by atoms with Crippen LogP contribution >= 0.6 is 0 Å². The highest BCUT2D eigenvalue weighted by Gasteiger charge is 2.18. The molecule has 1 aliphatic heterocycles. The molecule has 1 N–H and O–H groups in total. The van der Waals surface area contributed by atoms with Gasteiger partial charge in [0.15, 0.2) is 0 Å². The predicted molar refractivity (Wildman–Crippen MR) is 113 cm³/mol. The van der Waals surface area contributed by atoms with E-state index in [0.29, 0.717) is 19.7 Å². The zero-order valence-corrected chi connectivity index (χ0v) is 16.9. The molecule has 1 saturated heterocycles. The van der Waals surface area contributed by atoms with Gasteiger partial charge in [0.2, 0.25) is 0 Å². The summed E-state index contributed by atoms with van der Waals surface area (Å²) in [5.74, 6) is 1.14. The van der Waals surface area contributed by atoms with Crippen molar-refractivity contribution in [3.05, 3.63) is 65.9 Å². The molecule has 3 aromatic rings. The minimum Gasteiger partial charge on any atom is -0.434 e. The average Bonchev–Trinajstić information content (AvgIpc) is 2.75. The number of halogens is 2. The number of ether oxygens (including phenoxy) is 2. The summed E-state index contributed by atoms with van der Waals surface area (Å²) in [5.41, 5.74) is 1.75. The van der Waals surface area contributed by atoms with Gasteiger partial charge in [0, 0.05) is 37.9 Å². The first-order chi connectivity index (χ1) is 14.6. The van der Waals surface area contributed by atoms with Crippen LogP contribution in [0.1, 0.15) is 18.1 Å². The van der Waals surface area contributed by atoms with Crippen molar-refractivity contribution in [1.29, 1.82) is 0 Å². The molecule has 1 fully saturated rings. The van der Waals surface area contributed by atoms with Gasteiger partial charge in [-0.15, -0.1) is 0 Å². The standard InChI is InChI=1S/C23H25F2N3O2/c1-16-15-28(10-11-29-16)22-9-6-17(13-27-22)12-26-14-20-19-5-3-2-4-18(19)7-8-21(20)30-23(24)25/h2-9,13,16,23,26H,10-12,14-15H2,1H3. The Kier molecular flexibility index (Phi) is 6.40. The quantitative estimate of drug-likeness (QED) is 0.624. The van der Waals surface area contributed by atoms with E-state index in [1.165, 1.54) is 0 Å². The van der Waals surface area contributed by atoms with Crippen LogP contribution in [0.4, 0.5) is 14.6 Å². The third-order valence-electron chi connectivity index (χ3n) is 5.22. The fraction of sp³-hybridized carbons (Fsp3) is 0.348. The van der Waals surface area contributed by atoms with Crippen molar-refractivity contribution >= 4 is 16.6 Å². The zero-order valence-electron chi connectivity index (χ0n) is 16.9. The van der Waals surface area contributed by atoms with Crippen molar-refractivity contribution in [2.24, 2.45) is 0 Å². The number of morpholine rings is 1. The SMILES string of the molecule is CC1CN(c2ccc(CNCc3c(OC(F)F)ccc4ccccc34)cn2)CCO1. The molecule has 1 aliphatic rings. The molecule has 0 amide bonds. The zero-order chi connectivity index (χ0) is 20.9. The molecule has 0 radical (unpaired) electrons. The molecule has 4 rings (SSSR count). The van der Waals surface area contributed by atoms with Crippen LogP contribution < -0.4 is 15.0 Å². The van der Waals surface area contributed by atoms with Crippen LogP contribution in [0.25, 0.3) is 10.8 Å². The molecular weight excluding hydrogens is 388 g/mol. The van der Waals surface area contributed by atoms with Gasteiger partial charge in [0.25, 0.3) is 0 Å². The predicted octanol–water partition coefficient (Wildman–Crippen LogP) is 4.35. The first kappa shape index (κ1) is 20.5. The number of fused-ring (bicyclic) bond motifs is 1. The number of benzene rings is 2. The number of hydrogen-bond donors (Lipinski definition) is 1. The Morgan fingerprint density at radius 2 is 2.03 bits per heavy atom. The number of nitrogens with zero attached hydrogens (tertiary/aromatic N) is 2. The van der Waals surface area contributed by atoms with Gasteiger partial charge in [0.05, 0.1) is 12.7 Å². The highest BCUT2D eigenvalue weighted by molar-refractivity contribution is 5.87. The third kappa shape index (κ3) is 4.86. The van der Waals surface area contributed by atoms with Gasteiger partial charge in [-0.3, -0.25) is 0 Å². The lowest BCUT2D eigenvalue weighted by Crippen LogP contribution is -2.41. The fourth-order valence-corrected chi connectivity index (χ4v) is 3.77. The van der Waals surface area contributed by atoms with E-state index in [2.05, 4.69) is 22.1 Å². The Hall–Kier alpha value is -2.77. The molecule has 158 valence electrons. The molecule has 2 aromatic carbocycles. The normalized spacial score (nSPS) is 16.9. The van der Waals surface area contributed by atoms with Crippen molar-refractivity contribution in [3.63, 3.8) is 0 Å². The van der Waals surface area contributed by atoms with Crippen molar-refractivity contribution < 1.29 is 18.3 Å². The van der Waals surface area contributed by atoms with E-state index < -0.39 is 6.61 Å². The largest absolute Gasteiger partial charge is 0.434 e. The highest BCUT2D eigenvalue weighted by atomic mass is 19.3. The van der Waals surface area contributed by atoms with E-state index in [1.807, 2.05) is 42.6 Å². The second kappa shape index (κ2) is 9.36. The minimum atomic E-state index is -2.86. The molecule has 0 aliphatic carbocycles. The maximum absolute atomic E-state index is 12.8. The summed E-state index contributed by atoms with van der Waals surface area (Å²) in [6.45, 7) is 2.56. The Bertz CT molecular complexity index is 982. The number of nitrogens with one attached hydrogen (secondary N) is 1. The molecule has 0 saturated carbocycles. The summed E-state index contributed by atoms with van der Waals surface area (Å²) in [4.78, 5) is 6.79. The number of pyridine rings is 1. The highest BCUT2D eigenvalue weighted by Crippen LogP contribution is 2.29. The molecule has 5 nitrogen and oxygen atoms in total. The van der Waals surface area contributed by atoms with Crippen LogP contribution in [0.3, 0.4) is 0 Å². The lowest BCUT2D eigenvalue weighted by molar-refractivity contribution is -0.0503. The third-order valence-corrected chi connectivity index (χ3v) is 5.22. The van der Waals surface area contributed by atoms with Crippen molar-refractivity contribution in [2.45, 2.75) is 32.7 Å². The van der Waals surface area contributed by atoms with Crippen LogP contribution in [0.5, 0.6) is 5.75 Å². The van der Waals surface area contributed by atoms with E-state index in [0.717, 1.165) is 40.8 Å².